The summed E-state index contributed by atoms with van der Waals surface area (Å²) in [6, 6.07) is 9.81. The second kappa shape index (κ2) is 6.70. The zero-order chi connectivity index (χ0) is 16.4. The number of anilines is 1. The van der Waals surface area contributed by atoms with Crippen LogP contribution in [0.3, 0.4) is 0 Å². The molecule has 0 spiro atoms. The Bertz CT molecular complexity index is 824. The van der Waals surface area contributed by atoms with Gasteiger partial charge in [0.25, 0.3) is 0 Å². The van der Waals surface area contributed by atoms with Crippen LogP contribution in [0.15, 0.2) is 57.5 Å². The lowest BCUT2D eigenvalue weighted by Crippen LogP contribution is -2.23. The second-order valence-corrected chi connectivity index (χ2v) is 7.72. The van der Waals surface area contributed by atoms with E-state index in [0.717, 1.165) is 27.8 Å². The van der Waals surface area contributed by atoms with E-state index in [1.807, 2.05) is 36.5 Å². The molecule has 7 heteroatoms. The summed E-state index contributed by atoms with van der Waals surface area (Å²) in [5.74, 6) is 0.0513. The summed E-state index contributed by atoms with van der Waals surface area (Å²) in [6.45, 7) is 0. The number of nitrogens with one attached hydrogen (secondary N) is 1. The van der Waals surface area contributed by atoms with Crippen molar-refractivity contribution < 1.29 is 4.79 Å². The Morgan fingerprint density at radius 1 is 1.17 bits per heavy atom. The molecule has 1 unspecified atom stereocenters. The molecule has 2 aromatic heterocycles. The van der Waals surface area contributed by atoms with Crippen molar-refractivity contribution in [2.45, 2.75) is 22.1 Å². The lowest BCUT2D eigenvalue weighted by atomic mass is 10.1. The number of aromatic nitrogens is 3. The van der Waals surface area contributed by atoms with Gasteiger partial charge in [-0.3, -0.25) is 9.78 Å². The minimum absolute atomic E-state index is 0.0142. The van der Waals surface area contributed by atoms with E-state index < -0.39 is 0 Å². The van der Waals surface area contributed by atoms with Crippen LogP contribution >= 0.6 is 23.1 Å². The van der Waals surface area contributed by atoms with Gasteiger partial charge in [-0.1, -0.05) is 23.1 Å². The fourth-order valence-electron chi connectivity index (χ4n) is 2.79. The molecule has 1 aliphatic rings. The standard InChI is InChI=1S/C17H14N4OS2/c22-16(12-7-11-5-6-18-9-13(11)8-12)20-14-1-3-15(4-2-14)24-17-21-19-10-23-17/h1-6,9-10,12H,7-8H2,(H,20,22). The normalized spacial score (nSPS) is 15.9. The van der Waals surface area contributed by atoms with Crippen LogP contribution in [0.4, 0.5) is 5.69 Å². The van der Waals surface area contributed by atoms with Gasteiger partial charge in [0.1, 0.15) is 5.51 Å². The predicted octanol–water partition coefficient (Wildman–Crippen LogP) is 3.44. The highest BCUT2D eigenvalue weighted by Gasteiger charge is 2.27. The minimum atomic E-state index is -0.0142. The Labute approximate surface area is 147 Å². The van der Waals surface area contributed by atoms with Gasteiger partial charge in [0.2, 0.25) is 5.91 Å². The first kappa shape index (κ1) is 15.3. The number of hydrogen-bond acceptors (Lipinski definition) is 6. The molecule has 0 fully saturated rings. The summed E-state index contributed by atoms with van der Waals surface area (Å²) >= 11 is 3.07. The monoisotopic (exact) mass is 354 g/mol. The average Bonchev–Trinajstić information content (AvgIpc) is 3.25. The molecule has 1 amide bonds. The number of nitrogens with zero attached hydrogens (tertiary/aromatic N) is 3. The Morgan fingerprint density at radius 3 is 2.75 bits per heavy atom. The number of pyridine rings is 1. The van der Waals surface area contributed by atoms with Gasteiger partial charge in [-0.15, -0.1) is 10.2 Å². The summed E-state index contributed by atoms with van der Waals surface area (Å²) in [5.41, 5.74) is 4.94. The van der Waals surface area contributed by atoms with Crippen LogP contribution in [0.1, 0.15) is 11.1 Å². The summed E-state index contributed by atoms with van der Waals surface area (Å²) in [7, 11) is 0. The zero-order valence-corrected chi connectivity index (χ0v) is 14.3. The summed E-state index contributed by atoms with van der Waals surface area (Å²) in [5, 5.41) is 10.8. The molecule has 1 atom stereocenters. The van der Waals surface area contributed by atoms with Crippen LogP contribution in [-0.2, 0) is 17.6 Å². The van der Waals surface area contributed by atoms with Crippen molar-refractivity contribution in [2.24, 2.45) is 5.92 Å². The van der Waals surface area contributed by atoms with E-state index in [-0.39, 0.29) is 11.8 Å². The van der Waals surface area contributed by atoms with Crippen LogP contribution < -0.4 is 5.32 Å². The molecule has 0 radical (unpaired) electrons. The second-order valence-electron chi connectivity index (χ2n) is 5.57. The molecule has 0 aliphatic heterocycles. The van der Waals surface area contributed by atoms with Crippen molar-refractivity contribution in [3.05, 3.63) is 59.4 Å². The smallest absolute Gasteiger partial charge is 0.228 e. The Kier molecular flexibility index (Phi) is 4.27. The molecular formula is C17H14N4OS2. The zero-order valence-electron chi connectivity index (χ0n) is 12.7. The molecule has 1 N–H and O–H groups in total. The molecule has 2 heterocycles. The number of benzene rings is 1. The molecule has 120 valence electrons. The van der Waals surface area contributed by atoms with E-state index in [9.17, 15) is 4.79 Å². The van der Waals surface area contributed by atoms with Crippen LogP contribution in [0, 0.1) is 5.92 Å². The first-order valence-corrected chi connectivity index (χ1v) is 9.24. The number of amides is 1. The number of hydrogen-bond donors (Lipinski definition) is 1. The lowest BCUT2D eigenvalue weighted by molar-refractivity contribution is -0.119. The maximum atomic E-state index is 12.5. The van der Waals surface area contributed by atoms with Crippen molar-refractivity contribution in [3.8, 4) is 0 Å². The lowest BCUT2D eigenvalue weighted by Gasteiger charge is -2.10. The molecule has 3 aromatic rings. The fourth-order valence-corrected chi connectivity index (χ4v) is 4.24. The first-order chi connectivity index (χ1) is 11.8. The highest BCUT2D eigenvalue weighted by Crippen LogP contribution is 2.30. The molecule has 0 saturated carbocycles. The Morgan fingerprint density at radius 2 is 2.00 bits per heavy atom. The molecule has 24 heavy (non-hydrogen) atoms. The third kappa shape index (κ3) is 3.32. The van der Waals surface area contributed by atoms with E-state index >= 15 is 0 Å². The summed E-state index contributed by atoms with van der Waals surface area (Å²) in [4.78, 5) is 17.7. The Balaban J connectivity index is 1.38. The first-order valence-electron chi connectivity index (χ1n) is 7.54. The largest absolute Gasteiger partial charge is 0.326 e. The maximum Gasteiger partial charge on any atom is 0.228 e. The predicted molar refractivity (Wildman–Crippen MR) is 94.2 cm³/mol. The van der Waals surface area contributed by atoms with Crippen molar-refractivity contribution in [3.63, 3.8) is 0 Å². The quantitative estimate of drug-likeness (QED) is 0.777. The Hall–Kier alpha value is -2.25. The topological polar surface area (TPSA) is 67.8 Å². The molecular weight excluding hydrogens is 340 g/mol. The van der Waals surface area contributed by atoms with E-state index in [4.69, 9.17) is 0 Å². The van der Waals surface area contributed by atoms with E-state index in [2.05, 4.69) is 20.5 Å². The number of carbonyl (C=O) groups excluding carboxylic acids is 1. The highest BCUT2D eigenvalue weighted by molar-refractivity contribution is 8.01. The highest BCUT2D eigenvalue weighted by atomic mass is 32.2. The number of rotatable bonds is 4. The van der Waals surface area contributed by atoms with Gasteiger partial charge >= 0.3 is 0 Å². The van der Waals surface area contributed by atoms with Crippen molar-refractivity contribution in [1.29, 1.82) is 0 Å². The minimum Gasteiger partial charge on any atom is -0.326 e. The van der Waals surface area contributed by atoms with Gasteiger partial charge in [0.05, 0.1) is 0 Å². The van der Waals surface area contributed by atoms with E-state index in [1.54, 1.807) is 23.5 Å². The van der Waals surface area contributed by atoms with Gasteiger partial charge < -0.3 is 5.32 Å². The third-order valence-corrected chi connectivity index (χ3v) is 5.76. The molecule has 0 saturated heterocycles. The molecule has 1 aromatic carbocycles. The van der Waals surface area contributed by atoms with Crippen LogP contribution in [0.5, 0.6) is 0 Å². The van der Waals surface area contributed by atoms with Crippen molar-refractivity contribution in [1.82, 2.24) is 15.2 Å². The maximum absolute atomic E-state index is 12.5. The van der Waals surface area contributed by atoms with Gasteiger partial charge in [0.15, 0.2) is 4.34 Å². The molecule has 1 aliphatic carbocycles. The third-order valence-electron chi connectivity index (χ3n) is 3.98. The number of carbonyl (C=O) groups is 1. The number of fused-ring (bicyclic) bond motifs is 1. The fraction of sp³-hybridized carbons (Fsp3) is 0.176. The molecule has 5 nitrogen and oxygen atoms in total. The van der Waals surface area contributed by atoms with Crippen molar-refractivity contribution in [2.75, 3.05) is 5.32 Å². The van der Waals surface area contributed by atoms with Crippen LogP contribution in [0.25, 0.3) is 0 Å². The average molecular weight is 354 g/mol. The van der Waals surface area contributed by atoms with Crippen LogP contribution in [-0.4, -0.2) is 21.1 Å². The van der Waals surface area contributed by atoms with Gasteiger partial charge in [-0.05, 0) is 54.3 Å². The SMILES string of the molecule is O=C(Nc1ccc(Sc2nncs2)cc1)C1Cc2ccncc2C1. The van der Waals surface area contributed by atoms with Gasteiger partial charge in [-0.25, -0.2) is 0 Å². The molecule has 0 bridgehead atoms. The summed E-state index contributed by atoms with van der Waals surface area (Å²) < 4.78 is 0.907. The van der Waals surface area contributed by atoms with E-state index in [0.29, 0.717) is 0 Å². The van der Waals surface area contributed by atoms with Gasteiger partial charge in [0, 0.05) is 28.9 Å². The molecule has 4 rings (SSSR count). The van der Waals surface area contributed by atoms with E-state index in [1.165, 1.54) is 22.5 Å². The van der Waals surface area contributed by atoms with Crippen molar-refractivity contribution >= 4 is 34.7 Å². The van der Waals surface area contributed by atoms with Gasteiger partial charge in [-0.2, -0.15) is 0 Å². The van der Waals surface area contributed by atoms with Crippen LogP contribution in [0.2, 0.25) is 0 Å². The summed E-state index contributed by atoms with van der Waals surface area (Å²) in [6.07, 6.45) is 5.20.